The molecule has 0 saturated carbocycles. The molecule has 1 aliphatic rings. The number of nitrogens with zero attached hydrogens (tertiary/aromatic N) is 2. The summed E-state index contributed by atoms with van der Waals surface area (Å²) in [6.45, 7) is 10.4. The molecule has 2 heterocycles. The van der Waals surface area contributed by atoms with Crippen LogP contribution in [0, 0.1) is 11.8 Å². The molecule has 1 unspecified atom stereocenters. The number of aromatic nitrogens is 2. The molecule has 1 saturated heterocycles. The van der Waals surface area contributed by atoms with Crippen molar-refractivity contribution in [2.45, 2.75) is 65.9 Å². The zero-order valence-electron chi connectivity index (χ0n) is 18.5. The highest BCUT2D eigenvalue weighted by molar-refractivity contribution is 5.92. The smallest absolute Gasteiger partial charge is 0.302 e. The summed E-state index contributed by atoms with van der Waals surface area (Å²) in [5.41, 5.74) is 1.77. The summed E-state index contributed by atoms with van der Waals surface area (Å²) in [6.07, 6.45) is 8.18. The number of amides is 1. The van der Waals surface area contributed by atoms with Gasteiger partial charge in [0.1, 0.15) is 6.10 Å². The van der Waals surface area contributed by atoms with Crippen LogP contribution in [0.25, 0.3) is 0 Å². The van der Waals surface area contributed by atoms with Crippen LogP contribution in [0.2, 0.25) is 0 Å². The van der Waals surface area contributed by atoms with Gasteiger partial charge >= 0.3 is 5.97 Å². The first kappa shape index (κ1) is 25.8. The van der Waals surface area contributed by atoms with E-state index in [4.69, 9.17) is 14.7 Å². The molecule has 1 fully saturated rings. The highest BCUT2D eigenvalue weighted by Crippen LogP contribution is 2.15. The maximum absolute atomic E-state index is 11.1. The normalized spacial score (nSPS) is 15.9. The first-order valence-electron chi connectivity index (χ1n) is 10.6. The predicted octanol–water partition coefficient (Wildman–Crippen LogP) is 3.20. The van der Waals surface area contributed by atoms with Crippen LogP contribution in [-0.2, 0) is 14.3 Å². The van der Waals surface area contributed by atoms with Gasteiger partial charge in [0.2, 0.25) is 5.95 Å². The summed E-state index contributed by atoms with van der Waals surface area (Å²) in [7, 11) is 0. The summed E-state index contributed by atoms with van der Waals surface area (Å²) in [6, 6.07) is 0. The first-order chi connectivity index (χ1) is 14.3. The fraction of sp³-hybridized carbons (Fsp3) is 0.714. The van der Waals surface area contributed by atoms with E-state index in [1.165, 1.54) is 38.6 Å². The minimum absolute atomic E-state index is 0.103. The average Bonchev–Trinajstić information content (AvgIpc) is 2.76. The van der Waals surface area contributed by atoms with Crippen LogP contribution in [0.3, 0.4) is 0 Å². The van der Waals surface area contributed by atoms with Crippen molar-refractivity contribution in [3.63, 3.8) is 0 Å². The van der Waals surface area contributed by atoms with E-state index < -0.39 is 5.91 Å². The number of nitrogens with one attached hydrogen (secondary N) is 2. The molecule has 9 heteroatoms. The third-order valence-electron chi connectivity index (χ3n) is 4.97. The maximum Gasteiger partial charge on any atom is 0.302 e. The maximum atomic E-state index is 11.1. The van der Waals surface area contributed by atoms with Gasteiger partial charge in [0.15, 0.2) is 0 Å². The van der Waals surface area contributed by atoms with Gasteiger partial charge < -0.3 is 14.8 Å². The quantitative estimate of drug-likeness (QED) is 0.314. The van der Waals surface area contributed by atoms with E-state index in [0.717, 1.165) is 38.5 Å². The Bertz CT molecular complexity index is 620. The molecule has 0 aromatic carbocycles. The molecule has 170 valence electrons. The van der Waals surface area contributed by atoms with Crippen molar-refractivity contribution in [1.29, 1.82) is 0 Å². The van der Waals surface area contributed by atoms with Gasteiger partial charge in [-0.1, -0.05) is 33.6 Å². The number of ether oxygens (including phenoxy) is 2. The molecule has 0 radical (unpaired) electrons. The molecule has 1 aliphatic heterocycles. The van der Waals surface area contributed by atoms with Gasteiger partial charge in [0.05, 0.1) is 18.8 Å². The van der Waals surface area contributed by atoms with Gasteiger partial charge in [0.25, 0.3) is 5.91 Å². The molecule has 1 aromatic rings. The Labute approximate surface area is 178 Å². The minimum atomic E-state index is -0.613. The summed E-state index contributed by atoms with van der Waals surface area (Å²) in [5, 5.41) is 11.6. The van der Waals surface area contributed by atoms with Crippen molar-refractivity contribution >= 4 is 17.8 Å². The first-order valence-corrected chi connectivity index (χ1v) is 10.6. The van der Waals surface area contributed by atoms with Crippen LogP contribution < -0.4 is 10.8 Å². The Morgan fingerprint density at radius 3 is 2.33 bits per heavy atom. The Morgan fingerprint density at radius 1 is 1.20 bits per heavy atom. The monoisotopic (exact) mass is 424 g/mol. The molecule has 0 spiro atoms. The Hall–Kier alpha value is -2.26. The zero-order valence-corrected chi connectivity index (χ0v) is 18.5. The lowest BCUT2D eigenvalue weighted by molar-refractivity contribution is -0.150. The third-order valence-corrected chi connectivity index (χ3v) is 4.97. The van der Waals surface area contributed by atoms with E-state index in [9.17, 15) is 9.59 Å². The molecular weight excluding hydrogens is 388 g/mol. The number of carbonyl (C=O) groups is 2. The van der Waals surface area contributed by atoms with Gasteiger partial charge in [-0.2, -0.15) is 0 Å². The van der Waals surface area contributed by atoms with Crippen LogP contribution in [0.4, 0.5) is 5.95 Å². The molecule has 3 N–H and O–H groups in total. The van der Waals surface area contributed by atoms with E-state index >= 15 is 0 Å². The van der Waals surface area contributed by atoms with Crippen molar-refractivity contribution in [3.8, 4) is 0 Å². The highest BCUT2D eigenvalue weighted by atomic mass is 16.5. The lowest BCUT2D eigenvalue weighted by atomic mass is 9.96. The molecular formula is C21H36N4O5. The molecule has 9 nitrogen and oxygen atoms in total. The molecule has 2 rings (SSSR count). The van der Waals surface area contributed by atoms with Crippen LogP contribution in [0.1, 0.15) is 70.2 Å². The average molecular weight is 425 g/mol. The lowest BCUT2D eigenvalue weighted by Crippen LogP contribution is -2.24. The van der Waals surface area contributed by atoms with Gasteiger partial charge in [-0.25, -0.2) is 15.4 Å². The van der Waals surface area contributed by atoms with Crippen LogP contribution in [-0.4, -0.2) is 52.9 Å². The SMILES string of the molecule is CC(=O)OC1CCOCC1.CCC(C)CC[C@H](C)CNc1ncc(C(=O)NO)cn1. The number of esters is 1. The molecule has 1 amide bonds. The summed E-state index contributed by atoms with van der Waals surface area (Å²) in [5.74, 6) is 1.01. The van der Waals surface area contributed by atoms with E-state index in [0.29, 0.717) is 11.9 Å². The molecule has 30 heavy (non-hydrogen) atoms. The Morgan fingerprint density at radius 2 is 1.80 bits per heavy atom. The van der Waals surface area contributed by atoms with Crippen LogP contribution in [0.15, 0.2) is 12.4 Å². The van der Waals surface area contributed by atoms with Gasteiger partial charge in [-0.05, 0) is 18.3 Å². The van der Waals surface area contributed by atoms with Crippen molar-refractivity contribution in [3.05, 3.63) is 18.0 Å². The van der Waals surface area contributed by atoms with Gasteiger partial charge in [-0.15, -0.1) is 0 Å². The second kappa shape index (κ2) is 14.7. The number of rotatable bonds is 9. The fourth-order valence-electron chi connectivity index (χ4n) is 2.77. The number of hydroxylamine groups is 1. The van der Waals surface area contributed by atoms with Crippen molar-refractivity contribution in [2.24, 2.45) is 11.8 Å². The van der Waals surface area contributed by atoms with E-state index in [2.05, 4.69) is 36.1 Å². The fourth-order valence-corrected chi connectivity index (χ4v) is 2.77. The number of hydrogen-bond acceptors (Lipinski definition) is 8. The summed E-state index contributed by atoms with van der Waals surface area (Å²) < 4.78 is 10.1. The molecule has 2 atom stereocenters. The Balaban J connectivity index is 0.000000375. The molecule has 1 aromatic heterocycles. The zero-order chi connectivity index (χ0) is 22.4. The van der Waals surface area contributed by atoms with Crippen molar-refractivity contribution in [1.82, 2.24) is 15.4 Å². The highest BCUT2D eigenvalue weighted by Gasteiger charge is 2.15. The molecule has 0 bridgehead atoms. The standard InChI is InChI=1S/C14H24N4O2.C7H12O3/c1-4-10(2)5-6-11(3)7-15-14-16-8-12(9-17-14)13(19)18-20;1-6(8)10-7-2-4-9-5-3-7/h8-11,20H,4-7H2,1-3H3,(H,18,19)(H,15,16,17);7H,2-5H2,1H3/t10?,11-;/m0./s1. The Kier molecular flexibility index (Phi) is 12.6. The second-order valence-corrected chi connectivity index (χ2v) is 7.73. The van der Waals surface area contributed by atoms with Crippen molar-refractivity contribution in [2.75, 3.05) is 25.1 Å². The number of anilines is 1. The molecule has 0 aliphatic carbocycles. The van der Waals surface area contributed by atoms with Crippen LogP contribution >= 0.6 is 0 Å². The summed E-state index contributed by atoms with van der Waals surface area (Å²) >= 11 is 0. The van der Waals surface area contributed by atoms with Crippen molar-refractivity contribution < 1.29 is 24.3 Å². The van der Waals surface area contributed by atoms with Gasteiger partial charge in [0, 0.05) is 38.7 Å². The third kappa shape index (κ3) is 11.1. The minimum Gasteiger partial charge on any atom is -0.462 e. The van der Waals surface area contributed by atoms with Crippen LogP contribution in [0.5, 0.6) is 0 Å². The predicted molar refractivity (Wildman–Crippen MR) is 113 cm³/mol. The van der Waals surface area contributed by atoms with Gasteiger partial charge in [-0.3, -0.25) is 14.8 Å². The van der Waals surface area contributed by atoms with E-state index in [1.54, 1.807) is 5.48 Å². The van der Waals surface area contributed by atoms with E-state index in [-0.39, 0.29) is 17.6 Å². The van der Waals surface area contributed by atoms with E-state index in [1.807, 2.05) is 0 Å². The summed E-state index contributed by atoms with van der Waals surface area (Å²) in [4.78, 5) is 29.6. The largest absolute Gasteiger partial charge is 0.462 e. The number of hydrogen-bond donors (Lipinski definition) is 3. The lowest BCUT2D eigenvalue weighted by Gasteiger charge is -2.21. The number of carbonyl (C=O) groups excluding carboxylic acids is 2. The second-order valence-electron chi connectivity index (χ2n) is 7.73. The topological polar surface area (TPSA) is 123 Å².